The summed E-state index contributed by atoms with van der Waals surface area (Å²) in [6.45, 7) is 5.70. The monoisotopic (exact) mass is 393 g/mol. The fourth-order valence-corrected chi connectivity index (χ4v) is 3.37. The number of aromatic nitrogens is 2. The standard InChI is InChI=1S/C18H24BrN3O2/c1-23-18-5-4-15(3-2-6-21-7-9-24-10-8-21)11-16(18)13-22-14-17(19)12-20-22/h4-5,11-12,14H,2-3,6-10,13H2,1H3. The summed E-state index contributed by atoms with van der Waals surface area (Å²) in [6, 6.07) is 6.48. The highest BCUT2D eigenvalue weighted by Crippen LogP contribution is 2.22. The molecule has 24 heavy (non-hydrogen) atoms. The highest BCUT2D eigenvalue weighted by molar-refractivity contribution is 9.10. The molecule has 1 aliphatic heterocycles. The van der Waals surface area contributed by atoms with Crippen molar-refractivity contribution in [1.29, 1.82) is 0 Å². The Morgan fingerprint density at radius 3 is 2.83 bits per heavy atom. The van der Waals surface area contributed by atoms with Gasteiger partial charge in [0.2, 0.25) is 0 Å². The van der Waals surface area contributed by atoms with Crippen molar-refractivity contribution < 1.29 is 9.47 Å². The van der Waals surface area contributed by atoms with E-state index in [1.54, 1.807) is 13.3 Å². The molecule has 5 nitrogen and oxygen atoms in total. The van der Waals surface area contributed by atoms with E-state index in [0.717, 1.165) is 55.1 Å². The van der Waals surface area contributed by atoms with Crippen molar-refractivity contribution in [2.24, 2.45) is 0 Å². The van der Waals surface area contributed by atoms with E-state index in [1.165, 1.54) is 12.0 Å². The van der Waals surface area contributed by atoms with E-state index in [2.05, 4.69) is 44.1 Å². The van der Waals surface area contributed by atoms with E-state index in [9.17, 15) is 0 Å². The van der Waals surface area contributed by atoms with E-state index in [0.29, 0.717) is 6.54 Å². The molecule has 1 saturated heterocycles. The highest BCUT2D eigenvalue weighted by Gasteiger charge is 2.10. The number of benzene rings is 1. The first kappa shape index (κ1) is 17.5. The van der Waals surface area contributed by atoms with Gasteiger partial charge in [0.25, 0.3) is 0 Å². The summed E-state index contributed by atoms with van der Waals surface area (Å²) >= 11 is 3.44. The summed E-state index contributed by atoms with van der Waals surface area (Å²) in [5.74, 6) is 0.915. The number of hydrogen-bond donors (Lipinski definition) is 0. The van der Waals surface area contributed by atoms with Crippen LogP contribution in [-0.2, 0) is 17.7 Å². The minimum Gasteiger partial charge on any atom is -0.496 e. The second-order valence-electron chi connectivity index (χ2n) is 6.06. The van der Waals surface area contributed by atoms with Gasteiger partial charge in [0, 0.05) is 24.8 Å². The number of methoxy groups -OCH3 is 1. The molecule has 0 spiro atoms. The predicted molar refractivity (Wildman–Crippen MR) is 97.6 cm³/mol. The molecule has 0 atom stereocenters. The molecule has 1 aliphatic rings. The van der Waals surface area contributed by atoms with E-state index < -0.39 is 0 Å². The molecular weight excluding hydrogens is 370 g/mol. The summed E-state index contributed by atoms with van der Waals surface area (Å²) < 4.78 is 13.8. The van der Waals surface area contributed by atoms with E-state index in [1.807, 2.05) is 10.9 Å². The lowest BCUT2D eigenvalue weighted by atomic mass is 10.0. The Labute approximate surface area is 151 Å². The SMILES string of the molecule is COc1ccc(CCCN2CCOCC2)cc1Cn1cc(Br)cn1. The summed E-state index contributed by atoms with van der Waals surface area (Å²) in [5.41, 5.74) is 2.52. The second kappa shape index (κ2) is 8.65. The van der Waals surface area contributed by atoms with Crippen LogP contribution in [0.2, 0.25) is 0 Å². The van der Waals surface area contributed by atoms with Crippen molar-refractivity contribution in [3.8, 4) is 5.75 Å². The van der Waals surface area contributed by atoms with Gasteiger partial charge >= 0.3 is 0 Å². The Morgan fingerprint density at radius 2 is 2.12 bits per heavy atom. The average molecular weight is 394 g/mol. The molecular formula is C18H24BrN3O2. The van der Waals surface area contributed by atoms with Gasteiger partial charge in [-0.1, -0.05) is 12.1 Å². The first-order valence-corrected chi connectivity index (χ1v) is 9.18. The first-order valence-electron chi connectivity index (χ1n) is 8.38. The minimum absolute atomic E-state index is 0.714. The van der Waals surface area contributed by atoms with Gasteiger partial charge in [-0.2, -0.15) is 5.10 Å². The Bertz CT molecular complexity index is 653. The molecule has 2 aromatic rings. The van der Waals surface area contributed by atoms with Gasteiger partial charge in [0.15, 0.2) is 0 Å². The van der Waals surface area contributed by atoms with Gasteiger partial charge in [0.05, 0.1) is 37.5 Å². The fourth-order valence-electron chi connectivity index (χ4n) is 3.04. The zero-order valence-electron chi connectivity index (χ0n) is 14.1. The van der Waals surface area contributed by atoms with Crippen molar-refractivity contribution in [2.75, 3.05) is 40.0 Å². The Balaban J connectivity index is 1.60. The summed E-state index contributed by atoms with van der Waals surface area (Å²) in [4.78, 5) is 2.48. The number of nitrogens with zero attached hydrogens (tertiary/aromatic N) is 3. The Hall–Kier alpha value is -1.37. The van der Waals surface area contributed by atoms with Crippen LogP contribution >= 0.6 is 15.9 Å². The molecule has 0 unspecified atom stereocenters. The molecule has 0 aliphatic carbocycles. The summed E-state index contributed by atoms with van der Waals surface area (Å²) in [6.07, 6.45) is 6.03. The quantitative estimate of drug-likeness (QED) is 0.724. The molecule has 6 heteroatoms. The minimum atomic E-state index is 0.714. The van der Waals surface area contributed by atoms with Crippen LogP contribution in [0.3, 0.4) is 0 Å². The van der Waals surface area contributed by atoms with Crippen molar-refractivity contribution in [3.63, 3.8) is 0 Å². The van der Waals surface area contributed by atoms with Gasteiger partial charge in [-0.25, -0.2) is 0 Å². The topological polar surface area (TPSA) is 39.5 Å². The lowest BCUT2D eigenvalue weighted by Gasteiger charge is -2.26. The number of halogens is 1. The molecule has 1 aromatic carbocycles. The van der Waals surface area contributed by atoms with Gasteiger partial charge in [-0.05, 0) is 46.9 Å². The molecule has 0 radical (unpaired) electrons. The van der Waals surface area contributed by atoms with Gasteiger partial charge in [-0.3, -0.25) is 9.58 Å². The fraction of sp³-hybridized carbons (Fsp3) is 0.500. The molecule has 1 aromatic heterocycles. The molecule has 1 fully saturated rings. The van der Waals surface area contributed by atoms with Gasteiger partial charge in [-0.15, -0.1) is 0 Å². The van der Waals surface area contributed by atoms with Crippen LogP contribution in [0.1, 0.15) is 17.5 Å². The van der Waals surface area contributed by atoms with E-state index >= 15 is 0 Å². The van der Waals surface area contributed by atoms with Crippen molar-refractivity contribution in [1.82, 2.24) is 14.7 Å². The van der Waals surface area contributed by atoms with Crippen molar-refractivity contribution in [3.05, 3.63) is 46.2 Å². The zero-order chi connectivity index (χ0) is 16.8. The predicted octanol–water partition coefficient (Wildman–Crippen LogP) is 2.97. The lowest BCUT2D eigenvalue weighted by Crippen LogP contribution is -2.36. The third kappa shape index (κ3) is 4.82. The highest BCUT2D eigenvalue weighted by atomic mass is 79.9. The number of morpholine rings is 1. The molecule has 0 amide bonds. The Kier molecular flexibility index (Phi) is 6.29. The molecule has 0 saturated carbocycles. The van der Waals surface area contributed by atoms with Crippen LogP contribution in [0, 0.1) is 0 Å². The molecule has 0 N–H and O–H groups in total. The number of ether oxygens (including phenoxy) is 2. The maximum absolute atomic E-state index is 5.50. The largest absolute Gasteiger partial charge is 0.496 e. The van der Waals surface area contributed by atoms with Crippen LogP contribution in [-0.4, -0.2) is 54.6 Å². The summed E-state index contributed by atoms with van der Waals surface area (Å²) in [7, 11) is 1.72. The van der Waals surface area contributed by atoms with Crippen molar-refractivity contribution >= 4 is 15.9 Å². The van der Waals surface area contributed by atoms with E-state index in [4.69, 9.17) is 9.47 Å². The molecule has 2 heterocycles. The number of hydrogen-bond acceptors (Lipinski definition) is 4. The zero-order valence-corrected chi connectivity index (χ0v) is 15.7. The molecule has 3 rings (SSSR count). The number of rotatable bonds is 7. The average Bonchev–Trinajstić information content (AvgIpc) is 3.01. The van der Waals surface area contributed by atoms with Crippen LogP contribution in [0.4, 0.5) is 0 Å². The van der Waals surface area contributed by atoms with Crippen LogP contribution in [0.5, 0.6) is 5.75 Å². The molecule has 0 bridgehead atoms. The van der Waals surface area contributed by atoms with Gasteiger partial charge in [0.1, 0.15) is 5.75 Å². The van der Waals surface area contributed by atoms with Gasteiger partial charge < -0.3 is 9.47 Å². The third-order valence-corrected chi connectivity index (χ3v) is 4.73. The number of aryl methyl sites for hydroxylation is 1. The maximum atomic E-state index is 5.50. The third-order valence-electron chi connectivity index (χ3n) is 4.32. The first-order chi connectivity index (χ1) is 11.7. The van der Waals surface area contributed by atoms with Crippen molar-refractivity contribution in [2.45, 2.75) is 19.4 Å². The van der Waals surface area contributed by atoms with Crippen LogP contribution in [0.25, 0.3) is 0 Å². The lowest BCUT2D eigenvalue weighted by molar-refractivity contribution is 0.0374. The second-order valence-corrected chi connectivity index (χ2v) is 6.98. The molecule has 130 valence electrons. The normalized spacial score (nSPS) is 15.6. The van der Waals surface area contributed by atoms with Crippen LogP contribution in [0.15, 0.2) is 35.1 Å². The smallest absolute Gasteiger partial charge is 0.123 e. The Morgan fingerprint density at radius 1 is 1.29 bits per heavy atom. The van der Waals surface area contributed by atoms with Crippen LogP contribution < -0.4 is 4.74 Å². The van der Waals surface area contributed by atoms with E-state index in [-0.39, 0.29) is 0 Å². The maximum Gasteiger partial charge on any atom is 0.123 e. The summed E-state index contributed by atoms with van der Waals surface area (Å²) in [5, 5.41) is 4.34.